The number of carbonyl (C=O) groups is 1. The van der Waals surface area contributed by atoms with Crippen LogP contribution < -0.4 is 10.9 Å². The Morgan fingerprint density at radius 3 is 2.80 bits per heavy atom. The molecule has 0 spiro atoms. The minimum atomic E-state index is -0.584. The second-order valence-corrected chi connectivity index (χ2v) is 4.90. The van der Waals surface area contributed by atoms with Crippen molar-refractivity contribution in [3.8, 4) is 0 Å². The summed E-state index contributed by atoms with van der Waals surface area (Å²) < 4.78 is 0. The third-order valence-corrected chi connectivity index (χ3v) is 4.23. The molecule has 2 aliphatic heterocycles. The summed E-state index contributed by atoms with van der Waals surface area (Å²) >= 11 is -0.584. The fourth-order valence-corrected chi connectivity index (χ4v) is 3.16. The zero-order valence-corrected chi connectivity index (χ0v) is 6.42. The molecule has 3 atom stereocenters. The summed E-state index contributed by atoms with van der Waals surface area (Å²) in [5, 5.41) is 6.15. The molecule has 2 rings (SSSR count). The summed E-state index contributed by atoms with van der Waals surface area (Å²) in [5.74, 6) is 0.218. The monoisotopic (exact) mass is 161 g/mol. The van der Waals surface area contributed by atoms with Gasteiger partial charge in [0.2, 0.25) is 5.91 Å². The molecule has 2 heterocycles. The summed E-state index contributed by atoms with van der Waals surface area (Å²) in [6, 6.07) is 0. The molecule has 0 radical (unpaired) electrons. The van der Waals surface area contributed by atoms with Crippen LogP contribution in [0.5, 0.6) is 0 Å². The van der Waals surface area contributed by atoms with Gasteiger partial charge in [-0.1, -0.05) is 0 Å². The predicted octanol–water partition coefficient (Wildman–Crippen LogP) is -1.28. The van der Waals surface area contributed by atoms with Gasteiger partial charge in [0.05, 0.1) is 17.2 Å². The summed E-state index contributed by atoms with van der Waals surface area (Å²) in [7, 11) is 0. The van der Waals surface area contributed by atoms with Crippen LogP contribution in [0.4, 0.5) is 0 Å². The topological polar surface area (TPSA) is 72.3 Å². The minimum absolute atomic E-state index is 0.0615. The van der Waals surface area contributed by atoms with Gasteiger partial charge in [0, 0.05) is 6.54 Å². The first-order valence-electron chi connectivity index (χ1n) is 3.28. The van der Waals surface area contributed by atoms with E-state index in [0.29, 0.717) is 18.3 Å². The van der Waals surface area contributed by atoms with Crippen LogP contribution in [0.1, 0.15) is 6.42 Å². The average molecular weight is 161 g/mol. The first kappa shape index (κ1) is 6.45. The lowest BCUT2D eigenvalue weighted by atomic mass is 10.2. The minimum Gasteiger partial charge on any atom is -0.328 e. The number of β-lactam (4-membered cyclic amide) rings is 1. The van der Waals surface area contributed by atoms with E-state index in [1.54, 1.807) is 4.90 Å². The fourth-order valence-electron chi connectivity index (χ4n) is 1.44. The Kier molecular flexibility index (Phi) is 1.21. The van der Waals surface area contributed by atoms with E-state index in [4.69, 9.17) is 10.9 Å². The van der Waals surface area contributed by atoms with Gasteiger partial charge in [-0.15, -0.1) is 0 Å². The fraction of sp³-hybridized carbons (Fsp3) is 0.800. The molecule has 0 aliphatic carbocycles. The molecular weight excluding hydrogens is 150 g/mol. The van der Waals surface area contributed by atoms with E-state index in [2.05, 4.69) is 0 Å². The summed E-state index contributed by atoms with van der Waals surface area (Å²) in [5.41, 5.74) is 5.67. The number of amides is 1. The van der Waals surface area contributed by atoms with Crippen molar-refractivity contribution in [1.29, 1.82) is 0 Å². The molecule has 58 valence electrons. The molecule has 2 unspecified atom stereocenters. The molecule has 2 aliphatic rings. The lowest BCUT2D eigenvalue weighted by Gasteiger charge is -2.36. The Balaban J connectivity index is 2.13. The molecule has 4 N–H and O–H groups in total. The second kappa shape index (κ2) is 1.87. The first-order chi connectivity index (χ1) is 4.70. The number of nitrogens with two attached hydrogens (primary N) is 2. The molecule has 0 aromatic heterocycles. The largest absolute Gasteiger partial charge is 0.328 e. The van der Waals surface area contributed by atoms with Crippen LogP contribution in [0, 0.1) is 0 Å². The van der Waals surface area contributed by atoms with E-state index in [1.165, 1.54) is 0 Å². The second-order valence-electron chi connectivity index (χ2n) is 2.75. The van der Waals surface area contributed by atoms with Gasteiger partial charge in [-0.3, -0.25) is 9.93 Å². The van der Waals surface area contributed by atoms with E-state index >= 15 is 0 Å². The molecule has 10 heavy (non-hydrogen) atoms. The molecule has 5 heteroatoms. The van der Waals surface area contributed by atoms with Gasteiger partial charge < -0.3 is 10.6 Å². The summed E-state index contributed by atoms with van der Waals surface area (Å²) in [4.78, 5) is 12.6. The predicted molar refractivity (Wildman–Crippen MR) is 41.3 cm³/mol. The average Bonchev–Trinajstić information content (AvgIpc) is 2.12. The van der Waals surface area contributed by atoms with Gasteiger partial charge in [-0.25, -0.2) is 0 Å². The van der Waals surface area contributed by atoms with Gasteiger partial charge in [0.25, 0.3) is 0 Å². The van der Waals surface area contributed by atoms with E-state index in [9.17, 15) is 4.79 Å². The third kappa shape index (κ3) is 0.624. The highest BCUT2D eigenvalue weighted by molar-refractivity contribution is 8.16. The number of nitrogens with zero attached hydrogens (tertiary/aromatic N) is 1. The van der Waals surface area contributed by atoms with Gasteiger partial charge in [-0.05, 0) is 0 Å². The molecule has 1 amide bonds. The molecule has 4 nitrogen and oxygen atoms in total. The molecule has 2 saturated heterocycles. The molecule has 0 aromatic carbocycles. The van der Waals surface area contributed by atoms with Crippen LogP contribution in [0.3, 0.4) is 0 Å². The first-order valence-corrected chi connectivity index (χ1v) is 4.83. The van der Waals surface area contributed by atoms with E-state index in [-0.39, 0.29) is 11.3 Å². The standard InChI is InChI=1S/C5H11N3OS/c6-3-2-8-4(9)1-5(8)10(3)7/h3,5,10H,1-2,6-7H2/t3?,5-/m1/s1. The van der Waals surface area contributed by atoms with Crippen molar-refractivity contribution >= 4 is 17.0 Å². The van der Waals surface area contributed by atoms with Crippen LogP contribution in [0.15, 0.2) is 0 Å². The summed E-state index contributed by atoms with van der Waals surface area (Å²) in [6.45, 7) is 0.686. The Morgan fingerprint density at radius 2 is 2.40 bits per heavy atom. The van der Waals surface area contributed by atoms with Crippen molar-refractivity contribution in [1.82, 2.24) is 4.90 Å². The van der Waals surface area contributed by atoms with Crippen molar-refractivity contribution in [3.05, 3.63) is 0 Å². The highest BCUT2D eigenvalue weighted by Gasteiger charge is 2.46. The van der Waals surface area contributed by atoms with Crippen LogP contribution in [0.25, 0.3) is 0 Å². The van der Waals surface area contributed by atoms with Crippen molar-refractivity contribution in [3.63, 3.8) is 0 Å². The molecule has 2 fully saturated rings. The quantitative estimate of drug-likeness (QED) is 0.306. The number of hydrogen-bond donors (Lipinski definition) is 3. The summed E-state index contributed by atoms with van der Waals surface area (Å²) in [6.07, 6.45) is 0.635. The number of rotatable bonds is 0. The number of fused-ring (bicyclic) bond motifs is 1. The highest BCUT2D eigenvalue weighted by atomic mass is 32.2. The maximum Gasteiger partial charge on any atom is 0.226 e. The van der Waals surface area contributed by atoms with Gasteiger partial charge in [0.15, 0.2) is 0 Å². The van der Waals surface area contributed by atoms with Gasteiger partial charge >= 0.3 is 0 Å². The van der Waals surface area contributed by atoms with Crippen molar-refractivity contribution in [2.75, 3.05) is 6.54 Å². The normalized spacial score (nSPS) is 48.8. The Labute approximate surface area is 62.0 Å². The molecule has 0 bridgehead atoms. The lowest BCUT2D eigenvalue weighted by Crippen LogP contribution is -2.48. The van der Waals surface area contributed by atoms with Crippen molar-refractivity contribution < 1.29 is 4.79 Å². The van der Waals surface area contributed by atoms with Crippen molar-refractivity contribution in [2.24, 2.45) is 10.9 Å². The van der Waals surface area contributed by atoms with E-state index in [1.807, 2.05) is 0 Å². The molecular formula is C5H11N3OS. The Bertz CT molecular complexity index is 186. The Morgan fingerprint density at radius 1 is 1.70 bits per heavy atom. The smallest absolute Gasteiger partial charge is 0.226 e. The van der Waals surface area contributed by atoms with Gasteiger partial charge in [0.1, 0.15) is 0 Å². The zero-order chi connectivity index (χ0) is 7.30. The molecule has 0 aromatic rings. The van der Waals surface area contributed by atoms with Gasteiger partial charge in [-0.2, -0.15) is 11.1 Å². The lowest BCUT2D eigenvalue weighted by molar-refractivity contribution is -0.140. The number of carbonyl (C=O) groups excluding carboxylic acids is 1. The third-order valence-electron chi connectivity index (χ3n) is 2.15. The molecule has 0 saturated carbocycles. The van der Waals surface area contributed by atoms with Crippen LogP contribution in [-0.2, 0) is 4.79 Å². The number of thiol groups is 1. The van der Waals surface area contributed by atoms with Crippen LogP contribution >= 0.6 is 11.1 Å². The van der Waals surface area contributed by atoms with E-state index < -0.39 is 11.1 Å². The maximum atomic E-state index is 10.8. The van der Waals surface area contributed by atoms with E-state index in [0.717, 1.165) is 0 Å². The highest BCUT2D eigenvalue weighted by Crippen LogP contribution is 2.44. The van der Waals surface area contributed by atoms with Crippen LogP contribution in [0.2, 0.25) is 0 Å². The number of hydrogen-bond acceptors (Lipinski definition) is 3. The Hall–Kier alpha value is -0.260. The van der Waals surface area contributed by atoms with Crippen LogP contribution in [-0.4, -0.2) is 28.1 Å². The SMILES string of the molecule is NC1CN2C(=O)C[C@H]2[SH]1N. The maximum absolute atomic E-state index is 10.8. The van der Waals surface area contributed by atoms with Crippen molar-refractivity contribution in [2.45, 2.75) is 17.2 Å². The zero-order valence-electron chi connectivity index (χ0n) is 5.53.